The minimum absolute atomic E-state index is 0.147. The third kappa shape index (κ3) is 3.19. The molecular weight excluding hydrogens is 216 g/mol. The molecule has 0 unspecified atom stereocenters. The van der Waals surface area contributed by atoms with Crippen molar-refractivity contribution in [1.82, 2.24) is 9.80 Å². The van der Waals surface area contributed by atoms with Gasteiger partial charge in [-0.3, -0.25) is 4.79 Å². The lowest BCUT2D eigenvalue weighted by atomic mass is 10.1. The molecule has 0 aromatic heterocycles. The summed E-state index contributed by atoms with van der Waals surface area (Å²) in [5, 5.41) is 0. The summed E-state index contributed by atoms with van der Waals surface area (Å²) in [4.78, 5) is 16.5. The summed E-state index contributed by atoms with van der Waals surface area (Å²) in [7, 11) is 4.25. The molecule has 0 aromatic carbocycles. The Morgan fingerprint density at radius 1 is 1.18 bits per heavy atom. The third-order valence-corrected chi connectivity index (χ3v) is 3.94. The van der Waals surface area contributed by atoms with Crippen LogP contribution in [0.4, 0.5) is 0 Å². The molecule has 2 saturated heterocycles. The van der Waals surface area contributed by atoms with Gasteiger partial charge in [-0.1, -0.05) is 0 Å². The molecule has 2 rings (SSSR count). The van der Waals surface area contributed by atoms with Gasteiger partial charge in [-0.15, -0.1) is 0 Å². The first kappa shape index (κ1) is 12.8. The van der Waals surface area contributed by atoms with E-state index in [-0.39, 0.29) is 12.0 Å². The molecule has 0 saturated carbocycles. The molecule has 2 heterocycles. The average Bonchev–Trinajstić information content (AvgIpc) is 2.71. The van der Waals surface area contributed by atoms with Crippen molar-refractivity contribution < 1.29 is 9.53 Å². The highest BCUT2D eigenvalue weighted by molar-refractivity contribution is 5.81. The van der Waals surface area contributed by atoms with Gasteiger partial charge in [0, 0.05) is 25.7 Å². The maximum atomic E-state index is 12.2. The van der Waals surface area contributed by atoms with Crippen molar-refractivity contribution >= 4 is 5.91 Å². The second-order valence-corrected chi connectivity index (χ2v) is 5.38. The predicted octanol–water partition coefficient (Wildman–Crippen LogP) is 1.11. The molecule has 0 aliphatic carbocycles. The van der Waals surface area contributed by atoms with Crippen molar-refractivity contribution in [3.63, 3.8) is 0 Å². The van der Waals surface area contributed by atoms with Crippen LogP contribution in [0.2, 0.25) is 0 Å². The van der Waals surface area contributed by atoms with E-state index in [2.05, 4.69) is 19.0 Å². The van der Waals surface area contributed by atoms with Crippen LogP contribution in [0.15, 0.2) is 0 Å². The molecular formula is C13H24N2O2. The molecule has 17 heavy (non-hydrogen) atoms. The smallest absolute Gasteiger partial charge is 0.251 e. The fourth-order valence-corrected chi connectivity index (χ4v) is 2.79. The van der Waals surface area contributed by atoms with Gasteiger partial charge < -0.3 is 14.5 Å². The second-order valence-electron chi connectivity index (χ2n) is 5.38. The maximum absolute atomic E-state index is 12.2. The Hall–Kier alpha value is -0.610. The Morgan fingerprint density at radius 3 is 2.65 bits per heavy atom. The Bertz CT molecular complexity index is 262. The van der Waals surface area contributed by atoms with Gasteiger partial charge in [-0.25, -0.2) is 0 Å². The highest BCUT2D eigenvalue weighted by atomic mass is 16.5. The number of amides is 1. The zero-order valence-electron chi connectivity index (χ0n) is 11.0. The lowest BCUT2D eigenvalue weighted by Crippen LogP contribution is -2.40. The van der Waals surface area contributed by atoms with Crippen LogP contribution in [-0.2, 0) is 9.53 Å². The fraction of sp³-hybridized carbons (Fsp3) is 0.923. The van der Waals surface area contributed by atoms with Gasteiger partial charge in [-0.05, 0) is 46.2 Å². The highest BCUT2D eigenvalue weighted by Gasteiger charge is 2.29. The number of likely N-dealkylation sites (tertiary alicyclic amines) is 1. The Kier molecular flexibility index (Phi) is 4.40. The van der Waals surface area contributed by atoms with E-state index < -0.39 is 0 Å². The highest BCUT2D eigenvalue weighted by Crippen LogP contribution is 2.19. The Balaban J connectivity index is 1.87. The summed E-state index contributed by atoms with van der Waals surface area (Å²) in [6.45, 7) is 2.55. The molecule has 1 amide bonds. The van der Waals surface area contributed by atoms with E-state index in [1.165, 1.54) is 6.42 Å². The Morgan fingerprint density at radius 2 is 2.00 bits per heavy atom. The van der Waals surface area contributed by atoms with E-state index in [0.29, 0.717) is 6.04 Å². The number of hydrogen-bond donors (Lipinski definition) is 0. The van der Waals surface area contributed by atoms with Crippen molar-refractivity contribution in [2.24, 2.45) is 0 Å². The fourth-order valence-electron chi connectivity index (χ4n) is 2.79. The van der Waals surface area contributed by atoms with Crippen LogP contribution in [-0.4, -0.2) is 61.6 Å². The second kappa shape index (κ2) is 5.83. The SMILES string of the molecule is CN(C)[C@H]1CCCN(C(=O)[C@H]2CCCO2)CC1. The molecule has 2 aliphatic heterocycles. The zero-order valence-corrected chi connectivity index (χ0v) is 11.0. The lowest BCUT2D eigenvalue weighted by molar-refractivity contribution is -0.140. The Labute approximate surface area is 104 Å². The van der Waals surface area contributed by atoms with Crippen LogP contribution < -0.4 is 0 Å². The van der Waals surface area contributed by atoms with Crippen LogP contribution in [0.3, 0.4) is 0 Å². The summed E-state index contributed by atoms with van der Waals surface area (Å²) >= 11 is 0. The van der Waals surface area contributed by atoms with Crippen LogP contribution in [0, 0.1) is 0 Å². The van der Waals surface area contributed by atoms with E-state index in [0.717, 1.165) is 45.4 Å². The van der Waals surface area contributed by atoms with Crippen LogP contribution >= 0.6 is 0 Å². The topological polar surface area (TPSA) is 32.8 Å². The molecule has 2 atom stereocenters. The van der Waals surface area contributed by atoms with Gasteiger partial charge in [0.1, 0.15) is 6.10 Å². The van der Waals surface area contributed by atoms with Gasteiger partial charge in [0.25, 0.3) is 5.91 Å². The molecule has 2 aliphatic rings. The average molecular weight is 240 g/mol. The molecule has 4 heteroatoms. The van der Waals surface area contributed by atoms with E-state index in [4.69, 9.17) is 4.74 Å². The van der Waals surface area contributed by atoms with Crippen molar-refractivity contribution in [1.29, 1.82) is 0 Å². The first-order valence-electron chi connectivity index (χ1n) is 6.75. The summed E-state index contributed by atoms with van der Waals surface area (Å²) in [5.41, 5.74) is 0. The predicted molar refractivity (Wildman–Crippen MR) is 66.9 cm³/mol. The number of ether oxygens (including phenoxy) is 1. The van der Waals surface area contributed by atoms with E-state index in [1.54, 1.807) is 0 Å². The lowest BCUT2D eigenvalue weighted by Gasteiger charge is -2.25. The standard InChI is InChI=1S/C13H24N2O2/c1-14(2)11-5-3-8-15(9-7-11)13(16)12-6-4-10-17-12/h11-12H,3-10H2,1-2H3/t11-,12+/m0/s1. The summed E-state index contributed by atoms with van der Waals surface area (Å²) in [6.07, 6.45) is 5.19. The number of hydrogen-bond acceptors (Lipinski definition) is 3. The van der Waals surface area contributed by atoms with Crippen molar-refractivity contribution in [3.8, 4) is 0 Å². The summed E-state index contributed by atoms with van der Waals surface area (Å²) in [5.74, 6) is 0.224. The van der Waals surface area contributed by atoms with E-state index >= 15 is 0 Å². The number of carbonyl (C=O) groups is 1. The van der Waals surface area contributed by atoms with Crippen molar-refractivity contribution in [3.05, 3.63) is 0 Å². The maximum Gasteiger partial charge on any atom is 0.251 e. The quantitative estimate of drug-likeness (QED) is 0.725. The van der Waals surface area contributed by atoms with Gasteiger partial charge in [-0.2, -0.15) is 0 Å². The van der Waals surface area contributed by atoms with Crippen LogP contribution in [0.25, 0.3) is 0 Å². The molecule has 0 N–H and O–H groups in total. The molecule has 2 fully saturated rings. The normalized spacial score (nSPS) is 30.6. The number of nitrogens with zero attached hydrogens (tertiary/aromatic N) is 2. The minimum Gasteiger partial charge on any atom is -0.368 e. The van der Waals surface area contributed by atoms with Crippen molar-refractivity contribution in [2.75, 3.05) is 33.8 Å². The van der Waals surface area contributed by atoms with Crippen LogP contribution in [0.1, 0.15) is 32.1 Å². The molecule has 0 bridgehead atoms. The molecule has 0 radical (unpaired) electrons. The molecule has 0 aromatic rings. The van der Waals surface area contributed by atoms with Gasteiger partial charge in [0.15, 0.2) is 0 Å². The van der Waals surface area contributed by atoms with Gasteiger partial charge in [0.2, 0.25) is 0 Å². The monoisotopic (exact) mass is 240 g/mol. The first-order valence-corrected chi connectivity index (χ1v) is 6.75. The van der Waals surface area contributed by atoms with E-state index in [1.807, 2.05) is 4.90 Å². The zero-order chi connectivity index (χ0) is 12.3. The largest absolute Gasteiger partial charge is 0.368 e. The van der Waals surface area contributed by atoms with Gasteiger partial charge in [0.05, 0.1) is 0 Å². The van der Waals surface area contributed by atoms with Crippen molar-refractivity contribution in [2.45, 2.75) is 44.2 Å². The molecule has 98 valence electrons. The first-order chi connectivity index (χ1) is 8.18. The number of carbonyl (C=O) groups excluding carboxylic acids is 1. The number of rotatable bonds is 2. The van der Waals surface area contributed by atoms with E-state index in [9.17, 15) is 4.79 Å². The summed E-state index contributed by atoms with van der Waals surface area (Å²) in [6, 6.07) is 0.622. The molecule has 4 nitrogen and oxygen atoms in total. The van der Waals surface area contributed by atoms with Crippen LogP contribution in [0.5, 0.6) is 0 Å². The van der Waals surface area contributed by atoms with Gasteiger partial charge >= 0.3 is 0 Å². The summed E-state index contributed by atoms with van der Waals surface area (Å²) < 4.78 is 5.48. The molecule has 0 spiro atoms. The third-order valence-electron chi connectivity index (χ3n) is 3.94. The minimum atomic E-state index is -0.147.